The summed E-state index contributed by atoms with van der Waals surface area (Å²) in [7, 11) is -2.71. The smallest absolute Gasteiger partial charge is 0.309 e. The van der Waals surface area contributed by atoms with Crippen molar-refractivity contribution >= 4 is 24.7 Å². The van der Waals surface area contributed by atoms with Gasteiger partial charge in [-0.2, -0.15) is 0 Å². The number of hydrogen-bond donors (Lipinski definition) is 0. The van der Waals surface area contributed by atoms with Crippen LogP contribution in [0.4, 0.5) is 0 Å². The Kier molecular flexibility index (Phi) is 12.9. The van der Waals surface area contributed by atoms with Gasteiger partial charge in [0.1, 0.15) is 0 Å². The Morgan fingerprint density at radius 2 is 1.34 bits per heavy atom. The summed E-state index contributed by atoms with van der Waals surface area (Å²) in [5, 5.41) is 2.30. The summed E-state index contributed by atoms with van der Waals surface area (Å²) in [4.78, 5) is 13.3. The lowest BCUT2D eigenvalue weighted by Crippen LogP contribution is -2.66. The largest absolute Gasteiger partial charge is 0.466 e. The average Bonchev–Trinajstić information content (AvgIpc) is 2.88. The van der Waals surface area contributed by atoms with Gasteiger partial charge in [-0.15, -0.1) is 0 Å². The van der Waals surface area contributed by atoms with Gasteiger partial charge in [-0.1, -0.05) is 93.6 Å². The highest BCUT2D eigenvalue weighted by Crippen LogP contribution is 2.37. The molecule has 2 atom stereocenters. The monoisotopic (exact) mass is 540 g/mol. The van der Waals surface area contributed by atoms with E-state index < -0.39 is 20.5 Å². The lowest BCUT2D eigenvalue weighted by atomic mass is 9.82. The van der Waals surface area contributed by atoms with Crippen molar-refractivity contribution in [2.24, 2.45) is 11.8 Å². The van der Waals surface area contributed by atoms with Gasteiger partial charge in [0.15, 0.2) is 6.29 Å². The van der Waals surface area contributed by atoms with Crippen LogP contribution in [0, 0.1) is 11.8 Å². The fraction of sp³-hybridized carbons (Fsp3) is 0.531. The number of ether oxygens (including phenoxy) is 3. The third-order valence-electron chi connectivity index (χ3n) is 7.02. The molecule has 0 spiro atoms. The maximum Gasteiger partial charge on any atom is 0.309 e. The first kappa shape index (κ1) is 32.0. The van der Waals surface area contributed by atoms with Gasteiger partial charge in [0.05, 0.1) is 12.5 Å². The van der Waals surface area contributed by atoms with Crippen LogP contribution in [0.25, 0.3) is 0 Å². The minimum absolute atomic E-state index is 0.141. The Morgan fingerprint density at radius 3 is 1.74 bits per heavy atom. The highest BCUT2D eigenvalue weighted by atomic mass is 28.4. The average molecular weight is 541 g/mol. The molecule has 2 unspecified atom stereocenters. The molecule has 2 rings (SSSR count). The Bertz CT molecular complexity index is 925. The fourth-order valence-corrected chi connectivity index (χ4v) is 9.88. The van der Waals surface area contributed by atoms with Crippen molar-refractivity contribution < 1.29 is 23.4 Å². The molecule has 210 valence electrons. The van der Waals surface area contributed by atoms with E-state index in [1.165, 1.54) is 10.4 Å². The van der Waals surface area contributed by atoms with E-state index in [0.29, 0.717) is 39.3 Å². The van der Waals surface area contributed by atoms with Gasteiger partial charge in [0.2, 0.25) is 0 Å². The van der Waals surface area contributed by atoms with Crippen LogP contribution in [0.5, 0.6) is 0 Å². The molecule has 0 saturated heterocycles. The number of carbonyl (C=O) groups excluding carboxylic acids is 1. The molecular weight excluding hydrogens is 492 g/mol. The van der Waals surface area contributed by atoms with Crippen molar-refractivity contribution in [3.05, 3.63) is 72.8 Å². The van der Waals surface area contributed by atoms with Crippen LogP contribution < -0.4 is 10.4 Å². The van der Waals surface area contributed by atoms with Crippen molar-refractivity contribution in [1.29, 1.82) is 0 Å². The number of allylic oxidation sites excluding steroid dienone is 1. The van der Waals surface area contributed by atoms with Gasteiger partial charge in [-0.3, -0.25) is 4.79 Å². The molecule has 2 aromatic carbocycles. The summed E-state index contributed by atoms with van der Waals surface area (Å²) in [6.07, 6.45) is 0.659. The van der Waals surface area contributed by atoms with Gasteiger partial charge in [-0.05, 0) is 55.4 Å². The third-order valence-corrected chi connectivity index (χ3v) is 12.1. The number of esters is 1. The summed E-state index contributed by atoms with van der Waals surface area (Å²) in [6, 6.07) is 21.1. The van der Waals surface area contributed by atoms with Crippen molar-refractivity contribution in [1.82, 2.24) is 0 Å². The molecule has 5 nitrogen and oxygen atoms in total. The lowest BCUT2D eigenvalue weighted by molar-refractivity contribution is -0.158. The summed E-state index contributed by atoms with van der Waals surface area (Å²) in [5.41, 5.74) is 0.915. The fourth-order valence-electron chi connectivity index (χ4n) is 5.31. The first-order valence-corrected chi connectivity index (χ1v) is 15.8. The van der Waals surface area contributed by atoms with E-state index in [-0.39, 0.29) is 16.9 Å². The second-order valence-electron chi connectivity index (χ2n) is 10.7. The quantitative estimate of drug-likeness (QED) is 0.111. The molecule has 38 heavy (non-hydrogen) atoms. The molecule has 0 heterocycles. The Labute approximate surface area is 231 Å². The van der Waals surface area contributed by atoms with Crippen LogP contribution in [0.1, 0.15) is 61.3 Å². The SMILES string of the molecule is C=C(C)C(CC(OCC)OCC)C(CCO[Si](c1ccccc1)(c1ccccc1)C(C)(C)C)C(=O)OCC. The van der Waals surface area contributed by atoms with E-state index >= 15 is 0 Å². The van der Waals surface area contributed by atoms with Gasteiger partial charge < -0.3 is 18.6 Å². The molecule has 0 aromatic heterocycles. The summed E-state index contributed by atoms with van der Waals surface area (Å²) in [6.45, 7) is 20.5. The molecule has 0 aliphatic heterocycles. The predicted octanol–water partition coefficient (Wildman–Crippen LogP) is 6.11. The third kappa shape index (κ3) is 8.12. The lowest BCUT2D eigenvalue weighted by Gasteiger charge is -2.43. The minimum atomic E-state index is -2.71. The van der Waals surface area contributed by atoms with Crippen LogP contribution in [0.3, 0.4) is 0 Å². The zero-order valence-corrected chi connectivity index (χ0v) is 25.5. The molecule has 0 aliphatic carbocycles. The standard InChI is InChI=1S/C32H48O5Si/c1-9-34-30(35-10-2)24-29(25(4)5)28(31(33)36-11-3)22-23-37-38(32(6,7)8,26-18-14-12-15-19-26)27-20-16-13-17-21-27/h12-21,28-30H,4,9-11,22-24H2,1-3,5-8H3. The molecule has 0 amide bonds. The Hall–Kier alpha value is -2.25. The molecule has 0 bridgehead atoms. The second kappa shape index (κ2) is 15.4. The summed E-state index contributed by atoms with van der Waals surface area (Å²) in [5.74, 6) is -0.785. The van der Waals surface area contributed by atoms with Crippen LogP contribution in [-0.4, -0.2) is 47.0 Å². The second-order valence-corrected chi connectivity index (χ2v) is 15.0. The van der Waals surface area contributed by atoms with Gasteiger partial charge in [-0.25, -0.2) is 0 Å². The first-order chi connectivity index (χ1) is 18.1. The molecule has 0 saturated carbocycles. The van der Waals surface area contributed by atoms with Crippen molar-refractivity contribution in [3.63, 3.8) is 0 Å². The highest BCUT2D eigenvalue weighted by molar-refractivity contribution is 6.99. The molecule has 6 heteroatoms. The topological polar surface area (TPSA) is 54.0 Å². The maximum atomic E-state index is 13.3. The first-order valence-electron chi connectivity index (χ1n) is 13.9. The Morgan fingerprint density at radius 1 is 0.842 bits per heavy atom. The van der Waals surface area contributed by atoms with Gasteiger partial charge >= 0.3 is 5.97 Å². The number of benzene rings is 2. The Balaban J connectivity index is 2.44. The molecule has 0 radical (unpaired) electrons. The maximum absolute atomic E-state index is 13.3. The van der Waals surface area contributed by atoms with Crippen LogP contribution in [0.15, 0.2) is 72.8 Å². The minimum Gasteiger partial charge on any atom is -0.466 e. The zero-order chi connectivity index (χ0) is 28.2. The molecular formula is C32H48O5Si. The number of hydrogen-bond acceptors (Lipinski definition) is 5. The predicted molar refractivity (Wildman–Crippen MR) is 158 cm³/mol. The molecule has 2 aromatic rings. The van der Waals surface area contributed by atoms with E-state index in [9.17, 15) is 4.79 Å². The highest BCUT2D eigenvalue weighted by Gasteiger charge is 2.50. The zero-order valence-electron chi connectivity index (χ0n) is 24.5. The van der Waals surface area contributed by atoms with Crippen LogP contribution >= 0.6 is 0 Å². The summed E-state index contributed by atoms with van der Waals surface area (Å²) < 4.78 is 24.3. The van der Waals surface area contributed by atoms with Gasteiger partial charge in [0, 0.05) is 26.2 Å². The van der Waals surface area contributed by atoms with Crippen LogP contribution in [0.2, 0.25) is 5.04 Å². The van der Waals surface area contributed by atoms with E-state index in [1.807, 2.05) is 39.8 Å². The van der Waals surface area contributed by atoms with E-state index in [2.05, 4.69) is 75.9 Å². The summed E-state index contributed by atoms with van der Waals surface area (Å²) >= 11 is 0. The number of rotatable bonds is 16. The van der Waals surface area contributed by atoms with E-state index in [0.717, 1.165) is 5.57 Å². The molecule has 0 aliphatic rings. The molecule has 0 N–H and O–H groups in total. The van der Waals surface area contributed by atoms with E-state index in [4.69, 9.17) is 18.6 Å². The van der Waals surface area contributed by atoms with Gasteiger partial charge in [0.25, 0.3) is 8.32 Å². The number of carbonyl (C=O) groups is 1. The van der Waals surface area contributed by atoms with Crippen molar-refractivity contribution in [3.8, 4) is 0 Å². The normalized spacial score (nSPS) is 13.8. The van der Waals surface area contributed by atoms with Crippen LogP contribution in [-0.2, 0) is 23.4 Å². The van der Waals surface area contributed by atoms with E-state index in [1.54, 1.807) is 0 Å². The molecule has 0 fully saturated rings. The van der Waals surface area contributed by atoms with Crippen molar-refractivity contribution in [2.75, 3.05) is 26.4 Å². The van der Waals surface area contributed by atoms with Crippen molar-refractivity contribution in [2.45, 2.75) is 72.6 Å².